The Morgan fingerprint density at radius 2 is 1.96 bits per heavy atom. The van der Waals surface area contributed by atoms with Gasteiger partial charge < -0.3 is 9.15 Å². The molecule has 0 amide bonds. The zero-order valence-corrected chi connectivity index (χ0v) is 15.1. The summed E-state index contributed by atoms with van der Waals surface area (Å²) in [6.07, 6.45) is 0.369. The van der Waals surface area contributed by atoms with Crippen LogP contribution < -0.4 is 10.4 Å². The molecule has 0 fully saturated rings. The summed E-state index contributed by atoms with van der Waals surface area (Å²) in [7, 11) is 0. The smallest absolute Gasteiger partial charge is 0.336 e. The van der Waals surface area contributed by atoms with Crippen molar-refractivity contribution in [3.8, 4) is 5.75 Å². The number of rotatable bonds is 5. The van der Waals surface area contributed by atoms with E-state index in [-0.39, 0.29) is 11.7 Å². The van der Waals surface area contributed by atoms with E-state index in [0.717, 1.165) is 16.8 Å². The van der Waals surface area contributed by atoms with Crippen molar-refractivity contribution in [3.63, 3.8) is 0 Å². The fraction of sp³-hybridized carbons (Fsp3) is 0.190. The molecule has 0 aliphatic heterocycles. The van der Waals surface area contributed by atoms with Crippen LogP contribution in [-0.2, 0) is 6.42 Å². The number of nitrogens with one attached hydrogen (secondary N) is 1. The van der Waals surface area contributed by atoms with Gasteiger partial charge in [-0.2, -0.15) is 5.10 Å². The number of hydrogen-bond acceptors (Lipinski definition) is 5. The predicted octanol–water partition coefficient (Wildman–Crippen LogP) is 3.95. The number of ether oxygens (including phenoxy) is 1. The van der Waals surface area contributed by atoms with Crippen LogP contribution in [-0.4, -0.2) is 15.2 Å². The Bertz CT molecular complexity index is 1130. The second-order valence-electron chi connectivity index (χ2n) is 6.47. The molecule has 0 saturated carbocycles. The van der Waals surface area contributed by atoms with E-state index in [4.69, 9.17) is 9.15 Å². The normalized spacial score (nSPS) is 12.2. The van der Waals surface area contributed by atoms with Crippen LogP contribution in [0.1, 0.15) is 35.8 Å². The first-order chi connectivity index (χ1) is 13.1. The van der Waals surface area contributed by atoms with Crippen molar-refractivity contribution >= 4 is 11.0 Å². The molecule has 1 unspecified atom stereocenters. The van der Waals surface area contributed by atoms with Crippen molar-refractivity contribution in [3.05, 3.63) is 87.8 Å². The summed E-state index contributed by atoms with van der Waals surface area (Å²) in [6.45, 7) is 3.77. The standard InChI is InChI=1S/C21H19N3O3/c1-13-10-20(25)27-18-9-8-16(12-17(13)18)26-14(2)21-22-19(23-24-21)11-15-6-4-3-5-7-15/h3-10,12,14H,11H2,1-2H3,(H,22,23,24). The quantitative estimate of drug-likeness (QED) is 0.544. The van der Waals surface area contributed by atoms with Crippen molar-refractivity contribution in [1.29, 1.82) is 0 Å². The van der Waals surface area contributed by atoms with Gasteiger partial charge in [0, 0.05) is 17.9 Å². The van der Waals surface area contributed by atoms with Crippen LogP contribution >= 0.6 is 0 Å². The number of aromatic nitrogens is 3. The Kier molecular flexibility index (Phi) is 4.46. The van der Waals surface area contributed by atoms with Gasteiger partial charge in [-0.25, -0.2) is 9.78 Å². The van der Waals surface area contributed by atoms with E-state index < -0.39 is 0 Å². The van der Waals surface area contributed by atoms with Crippen molar-refractivity contribution < 1.29 is 9.15 Å². The minimum Gasteiger partial charge on any atom is -0.483 e. The third-order valence-electron chi connectivity index (χ3n) is 4.36. The monoisotopic (exact) mass is 361 g/mol. The molecule has 0 aliphatic rings. The van der Waals surface area contributed by atoms with Crippen LogP contribution in [0.5, 0.6) is 5.75 Å². The van der Waals surface area contributed by atoms with Gasteiger partial charge in [-0.1, -0.05) is 30.3 Å². The van der Waals surface area contributed by atoms with Crippen LogP contribution in [0.3, 0.4) is 0 Å². The zero-order chi connectivity index (χ0) is 18.8. The Labute approximate surface area is 155 Å². The first-order valence-corrected chi connectivity index (χ1v) is 8.75. The lowest BCUT2D eigenvalue weighted by Gasteiger charge is -2.12. The Hall–Kier alpha value is -3.41. The maximum absolute atomic E-state index is 11.5. The van der Waals surface area contributed by atoms with Crippen LogP contribution in [0.15, 0.2) is 63.8 Å². The van der Waals surface area contributed by atoms with E-state index >= 15 is 0 Å². The minimum atomic E-state index is -0.353. The highest BCUT2D eigenvalue weighted by atomic mass is 16.5. The molecule has 6 nitrogen and oxygen atoms in total. The van der Waals surface area contributed by atoms with Gasteiger partial charge in [0.25, 0.3) is 0 Å². The lowest BCUT2D eigenvalue weighted by molar-refractivity contribution is 0.217. The third-order valence-corrected chi connectivity index (χ3v) is 4.36. The molecule has 2 heterocycles. The molecule has 0 saturated heterocycles. The Morgan fingerprint density at radius 1 is 1.15 bits per heavy atom. The Morgan fingerprint density at radius 3 is 2.78 bits per heavy atom. The van der Waals surface area contributed by atoms with Gasteiger partial charge in [0.2, 0.25) is 0 Å². The fourth-order valence-electron chi connectivity index (χ4n) is 2.99. The molecule has 27 heavy (non-hydrogen) atoms. The maximum Gasteiger partial charge on any atom is 0.336 e. The van der Waals surface area contributed by atoms with Gasteiger partial charge in [0.1, 0.15) is 17.2 Å². The number of aryl methyl sites for hydroxylation is 1. The van der Waals surface area contributed by atoms with Gasteiger partial charge in [-0.05, 0) is 43.2 Å². The van der Waals surface area contributed by atoms with Gasteiger partial charge in [0.05, 0.1) is 0 Å². The number of aromatic amines is 1. The van der Waals surface area contributed by atoms with Crippen LogP contribution in [0.2, 0.25) is 0 Å². The summed E-state index contributed by atoms with van der Waals surface area (Å²) in [5, 5.41) is 8.10. The zero-order valence-electron chi connectivity index (χ0n) is 15.1. The summed E-state index contributed by atoms with van der Waals surface area (Å²) < 4.78 is 11.2. The molecule has 4 rings (SSSR count). The van der Waals surface area contributed by atoms with Gasteiger partial charge in [0.15, 0.2) is 11.9 Å². The molecule has 2 aromatic heterocycles. The van der Waals surface area contributed by atoms with E-state index in [1.807, 2.05) is 38.1 Å². The molecule has 1 N–H and O–H groups in total. The molecule has 0 radical (unpaired) electrons. The SMILES string of the molecule is Cc1cc(=O)oc2ccc(OC(C)c3n[nH]c(Cc4ccccc4)n3)cc12. The molecule has 4 aromatic rings. The highest BCUT2D eigenvalue weighted by molar-refractivity contribution is 5.81. The van der Waals surface area contributed by atoms with Gasteiger partial charge in [-0.3, -0.25) is 5.10 Å². The second kappa shape index (κ2) is 7.07. The summed E-state index contributed by atoms with van der Waals surface area (Å²) in [5.74, 6) is 2.06. The second-order valence-corrected chi connectivity index (χ2v) is 6.47. The van der Waals surface area contributed by atoms with E-state index in [0.29, 0.717) is 23.6 Å². The summed E-state index contributed by atoms with van der Waals surface area (Å²) in [4.78, 5) is 16.0. The molecular weight excluding hydrogens is 342 g/mol. The molecule has 0 spiro atoms. The van der Waals surface area contributed by atoms with E-state index in [2.05, 4.69) is 27.3 Å². The van der Waals surface area contributed by atoms with Crippen LogP contribution in [0.25, 0.3) is 11.0 Å². The lowest BCUT2D eigenvalue weighted by atomic mass is 10.1. The minimum absolute atomic E-state index is 0.320. The number of H-pyrrole nitrogens is 1. The van der Waals surface area contributed by atoms with Crippen LogP contribution in [0, 0.1) is 6.92 Å². The summed E-state index contributed by atoms with van der Waals surface area (Å²) >= 11 is 0. The largest absolute Gasteiger partial charge is 0.483 e. The molecule has 136 valence electrons. The van der Waals surface area contributed by atoms with Crippen molar-refractivity contribution in [1.82, 2.24) is 15.2 Å². The average Bonchev–Trinajstić information content (AvgIpc) is 3.12. The fourth-order valence-corrected chi connectivity index (χ4v) is 2.99. The lowest BCUT2D eigenvalue weighted by Crippen LogP contribution is -2.06. The van der Waals surface area contributed by atoms with Crippen molar-refractivity contribution in [2.45, 2.75) is 26.4 Å². The molecule has 1 atom stereocenters. The highest BCUT2D eigenvalue weighted by Crippen LogP contribution is 2.26. The third kappa shape index (κ3) is 3.74. The van der Waals surface area contributed by atoms with Gasteiger partial charge >= 0.3 is 5.63 Å². The number of hydrogen-bond donors (Lipinski definition) is 1. The molecular formula is C21H19N3O3. The van der Waals surface area contributed by atoms with E-state index in [9.17, 15) is 4.79 Å². The van der Waals surface area contributed by atoms with E-state index in [1.54, 1.807) is 12.1 Å². The Balaban J connectivity index is 1.51. The van der Waals surface area contributed by atoms with Gasteiger partial charge in [-0.15, -0.1) is 0 Å². The molecule has 2 aromatic carbocycles. The average molecular weight is 361 g/mol. The van der Waals surface area contributed by atoms with E-state index in [1.165, 1.54) is 11.6 Å². The number of nitrogens with zero attached hydrogens (tertiary/aromatic N) is 2. The number of benzene rings is 2. The summed E-state index contributed by atoms with van der Waals surface area (Å²) in [6, 6.07) is 17.0. The molecule has 0 aliphatic carbocycles. The van der Waals surface area contributed by atoms with Crippen molar-refractivity contribution in [2.24, 2.45) is 0 Å². The first-order valence-electron chi connectivity index (χ1n) is 8.75. The maximum atomic E-state index is 11.5. The van der Waals surface area contributed by atoms with Crippen LogP contribution in [0.4, 0.5) is 0 Å². The molecule has 6 heteroatoms. The highest BCUT2D eigenvalue weighted by Gasteiger charge is 2.14. The van der Waals surface area contributed by atoms with Crippen molar-refractivity contribution in [2.75, 3.05) is 0 Å². The number of fused-ring (bicyclic) bond motifs is 1. The first kappa shape index (κ1) is 17.0. The topological polar surface area (TPSA) is 81.0 Å². The predicted molar refractivity (Wildman–Crippen MR) is 102 cm³/mol. The molecule has 0 bridgehead atoms. The summed E-state index contributed by atoms with van der Waals surface area (Å²) in [5.41, 5.74) is 2.21.